The van der Waals surface area contributed by atoms with Crippen molar-refractivity contribution in [1.29, 1.82) is 0 Å². The van der Waals surface area contributed by atoms with Crippen LogP contribution in [-0.2, 0) is 21.0 Å². The topological polar surface area (TPSA) is 81.7 Å². The Labute approximate surface area is 137 Å². The van der Waals surface area contributed by atoms with Crippen LogP contribution in [-0.4, -0.2) is 33.8 Å². The van der Waals surface area contributed by atoms with E-state index < -0.39 is 16.0 Å². The molecule has 0 saturated heterocycles. The number of hydrogen-bond donors (Lipinski definition) is 1. The van der Waals surface area contributed by atoms with Gasteiger partial charge in [0.2, 0.25) is 0 Å². The molecule has 1 aromatic carbocycles. The molecule has 128 valence electrons. The van der Waals surface area contributed by atoms with Gasteiger partial charge in [-0.1, -0.05) is 26.0 Å². The average molecular weight is 341 g/mol. The van der Waals surface area contributed by atoms with Crippen LogP contribution in [0.15, 0.2) is 18.2 Å². The maximum atomic E-state index is 11.5. The highest BCUT2D eigenvalue weighted by Gasteiger charge is 2.34. The van der Waals surface area contributed by atoms with Crippen LogP contribution < -0.4 is 10.1 Å². The summed E-state index contributed by atoms with van der Waals surface area (Å²) in [5.41, 5.74) is 1.84. The predicted octanol–water partition coefficient (Wildman–Crippen LogP) is 2.44. The maximum absolute atomic E-state index is 11.5. The number of hydrogen-bond acceptors (Lipinski definition) is 6. The quantitative estimate of drug-likeness (QED) is 0.669. The van der Waals surface area contributed by atoms with E-state index in [0.29, 0.717) is 5.75 Å². The van der Waals surface area contributed by atoms with Gasteiger partial charge in [-0.15, -0.1) is 0 Å². The van der Waals surface area contributed by atoms with Crippen LogP contribution in [0.5, 0.6) is 5.75 Å². The van der Waals surface area contributed by atoms with E-state index >= 15 is 0 Å². The van der Waals surface area contributed by atoms with E-state index in [1.807, 2.05) is 6.07 Å². The van der Waals surface area contributed by atoms with E-state index in [1.54, 1.807) is 12.1 Å². The summed E-state index contributed by atoms with van der Waals surface area (Å²) in [5.74, 6) is 0.378. The highest BCUT2D eigenvalue weighted by Crippen LogP contribution is 2.44. The van der Waals surface area contributed by atoms with Crippen molar-refractivity contribution in [3.8, 4) is 5.75 Å². The highest BCUT2D eigenvalue weighted by atomic mass is 32.2. The van der Waals surface area contributed by atoms with Crippen LogP contribution in [0.1, 0.15) is 37.4 Å². The number of rotatable bonds is 4. The fourth-order valence-electron chi connectivity index (χ4n) is 2.97. The van der Waals surface area contributed by atoms with E-state index in [2.05, 4.69) is 23.9 Å². The molecule has 0 bridgehead atoms. The molecule has 0 aromatic heterocycles. The van der Waals surface area contributed by atoms with Crippen molar-refractivity contribution >= 4 is 16.0 Å². The third-order valence-corrected chi connectivity index (χ3v) is 4.60. The molecule has 23 heavy (non-hydrogen) atoms. The minimum absolute atomic E-state index is 0.0439. The van der Waals surface area contributed by atoms with Crippen molar-refractivity contribution in [1.82, 2.24) is 5.32 Å². The SMILES string of the molecule is COC(=O)Oc1cccc2c1CC(C)(C)CC2NCS(C)(=O)=O. The highest BCUT2D eigenvalue weighted by molar-refractivity contribution is 7.90. The van der Waals surface area contributed by atoms with Gasteiger partial charge < -0.3 is 9.47 Å². The first-order chi connectivity index (χ1) is 10.6. The van der Waals surface area contributed by atoms with Gasteiger partial charge in [-0.25, -0.2) is 13.2 Å². The van der Waals surface area contributed by atoms with Crippen LogP contribution in [0.4, 0.5) is 4.79 Å². The fourth-order valence-corrected chi connectivity index (χ4v) is 3.48. The molecule has 0 amide bonds. The summed E-state index contributed by atoms with van der Waals surface area (Å²) in [6.45, 7) is 4.22. The minimum Gasteiger partial charge on any atom is -0.437 e. The number of carbonyl (C=O) groups excluding carboxylic acids is 1. The van der Waals surface area contributed by atoms with Crippen LogP contribution in [0, 0.1) is 5.41 Å². The largest absolute Gasteiger partial charge is 0.513 e. The van der Waals surface area contributed by atoms with Crippen LogP contribution in [0.25, 0.3) is 0 Å². The van der Waals surface area contributed by atoms with Crippen LogP contribution in [0.3, 0.4) is 0 Å². The molecule has 0 saturated carbocycles. The maximum Gasteiger partial charge on any atom is 0.513 e. The van der Waals surface area contributed by atoms with Crippen molar-refractivity contribution < 1.29 is 22.7 Å². The molecule has 0 spiro atoms. The van der Waals surface area contributed by atoms with Crippen LogP contribution in [0.2, 0.25) is 0 Å². The Hall–Kier alpha value is -1.60. The van der Waals surface area contributed by atoms with Gasteiger partial charge in [0.05, 0.1) is 13.0 Å². The van der Waals surface area contributed by atoms with Gasteiger partial charge in [-0.2, -0.15) is 0 Å². The first kappa shape index (κ1) is 17.7. The zero-order valence-corrected chi connectivity index (χ0v) is 14.7. The second kappa shape index (κ2) is 6.49. The van der Waals surface area contributed by atoms with Gasteiger partial charge in [0.25, 0.3) is 0 Å². The van der Waals surface area contributed by atoms with Crippen molar-refractivity contribution in [3.05, 3.63) is 29.3 Å². The monoisotopic (exact) mass is 341 g/mol. The lowest BCUT2D eigenvalue weighted by molar-refractivity contribution is 0.120. The van der Waals surface area contributed by atoms with E-state index in [1.165, 1.54) is 13.4 Å². The molecule has 0 aliphatic heterocycles. The van der Waals surface area contributed by atoms with E-state index in [-0.39, 0.29) is 17.3 Å². The van der Waals surface area contributed by atoms with Crippen LogP contribution >= 0.6 is 0 Å². The second-order valence-corrected chi connectivity index (χ2v) is 8.89. The molecule has 6 nitrogen and oxygen atoms in total. The van der Waals surface area contributed by atoms with Gasteiger partial charge in [-0.3, -0.25) is 5.32 Å². The lowest BCUT2D eigenvalue weighted by Crippen LogP contribution is -2.36. The predicted molar refractivity (Wildman–Crippen MR) is 87.2 cm³/mol. The van der Waals surface area contributed by atoms with E-state index in [0.717, 1.165) is 24.0 Å². The molecule has 1 aliphatic carbocycles. The minimum atomic E-state index is -3.11. The molecule has 1 N–H and O–H groups in total. The number of fused-ring (bicyclic) bond motifs is 1. The zero-order valence-electron chi connectivity index (χ0n) is 13.9. The van der Waals surface area contributed by atoms with Crippen molar-refractivity contribution in [3.63, 3.8) is 0 Å². The molecule has 0 fully saturated rings. The molecular weight excluding hydrogens is 318 g/mol. The Morgan fingerprint density at radius 2 is 2.09 bits per heavy atom. The Morgan fingerprint density at radius 1 is 1.39 bits per heavy atom. The third-order valence-electron chi connectivity index (χ3n) is 3.91. The summed E-state index contributed by atoms with van der Waals surface area (Å²) in [6, 6.07) is 5.36. The van der Waals surface area contributed by atoms with Gasteiger partial charge in [0.15, 0.2) is 9.84 Å². The molecule has 1 aliphatic rings. The van der Waals surface area contributed by atoms with E-state index in [4.69, 9.17) is 4.74 Å². The molecule has 1 aromatic rings. The Bertz CT molecular complexity index is 696. The molecule has 0 radical (unpaired) electrons. The number of sulfone groups is 1. The molecule has 2 rings (SSSR count). The molecular formula is C16H23NO5S. The number of ether oxygens (including phenoxy) is 2. The molecule has 1 atom stereocenters. The van der Waals surface area contributed by atoms with Gasteiger partial charge in [-0.05, 0) is 29.9 Å². The Morgan fingerprint density at radius 3 is 2.70 bits per heavy atom. The average Bonchev–Trinajstić information content (AvgIpc) is 2.43. The third kappa shape index (κ3) is 4.68. The number of benzene rings is 1. The summed E-state index contributed by atoms with van der Waals surface area (Å²) >= 11 is 0. The van der Waals surface area contributed by atoms with Gasteiger partial charge in [0, 0.05) is 17.9 Å². The second-order valence-electron chi connectivity index (χ2n) is 6.75. The summed E-state index contributed by atoms with van der Waals surface area (Å²) in [5, 5.41) is 3.11. The zero-order chi connectivity index (χ0) is 17.3. The number of methoxy groups -OCH3 is 1. The summed E-state index contributed by atoms with van der Waals surface area (Å²) in [6.07, 6.45) is 1.98. The number of carbonyl (C=O) groups is 1. The van der Waals surface area contributed by atoms with Crippen molar-refractivity contribution in [2.45, 2.75) is 32.7 Å². The van der Waals surface area contributed by atoms with Crippen molar-refractivity contribution in [2.75, 3.05) is 19.2 Å². The summed E-state index contributed by atoms with van der Waals surface area (Å²) in [7, 11) is -1.85. The summed E-state index contributed by atoms with van der Waals surface area (Å²) in [4.78, 5) is 11.4. The lowest BCUT2D eigenvalue weighted by Gasteiger charge is -2.38. The summed E-state index contributed by atoms with van der Waals surface area (Å²) < 4.78 is 32.7. The first-order valence-electron chi connectivity index (χ1n) is 7.40. The number of nitrogens with one attached hydrogen (secondary N) is 1. The standard InChI is InChI=1S/C16H23NO5S/c1-16(2)8-12-11(13(9-16)17-10-23(4,19)20)6-5-7-14(12)22-15(18)21-3/h5-7,13,17H,8-10H2,1-4H3. The Balaban J connectivity index is 2.36. The van der Waals surface area contributed by atoms with Gasteiger partial charge >= 0.3 is 6.16 Å². The van der Waals surface area contributed by atoms with Gasteiger partial charge in [0.1, 0.15) is 5.75 Å². The fraction of sp³-hybridized carbons (Fsp3) is 0.562. The first-order valence-corrected chi connectivity index (χ1v) is 9.46. The van der Waals surface area contributed by atoms with E-state index in [9.17, 15) is 13.2 Å². The molecule has 7 heteroatoms. The lowest BCUT2D eigenvalue weighted by atomic mass is 9.72. The Kier molecular flexibility index (Phi) is 5.01. The molecule has 1 unspecified atom stereocenters. The molecule has 0 heterocycles. The normalized spacial score (nSPS) is 19.7. The van der Waals surface area contributed by atoms with Crippen molar-refractivity contribution in [2.24, 2.45) is 5.41 Å². The smallest absolute Gasteiger partial charge is 0.437 e.